The van der Waals surface area contributed by atoms with Gasteiger partial charge in [-0.3, -0.25) is 19.3 Å². The lowest BCUT2D eigenvalue weighted by atomic mass is 9.78. The number of benzene rings is 1. The van der Waals surface area contributed by atoms with E-state index in [0.717, 1.165) is 44.8 Å². The van der Waals surface area contributed by atoms with Crippen molar-refractivity contribution in [2.45, 2.75) is 72.4 Å². The van der Waals surface area contributed by atoms with E-state index in [9.17, 15) is 14.4 Å². The van der Waals surface area contributed by atoms with Crippen molar-refractivity contribution in [3.63, 3.8) is 0 Å². The molecule has 0 radical (unpaired) electrons. The molecular weight excluding hydrogens is 480 g/mol. The molecule has 1 aromatic rings. The molecule has 0 saturated carbocycles. The maximum Gasteiger partial charge on any atom is 0.249 e. The van der Waals surface area contributed by atoms with Crippen LogP contribution in [0.2, 0.25) is 0 Å². The molecule has 2 amide bonds. The second-order valence-corrected chi connectivity index (χ2v) is 12.8. The molecule has 0 unspecified atom stereocenters. The molecule has 0 aliphatic carbocycles. The number of likely N-dealkylation sites (tertiary alicyclic amines) is 1. The van der Waals surface area contributed by atoms with Gasteiger partial charge in [0.1, 0.15) is 12.6 Å². The number of anilines is 1. The quantitative estimate of drug-likeness (QED) is 0.559. The van der Waals surface area contributed by atoms with Gasteiger partial charge in [0.05, 0.1) is 12.0 Å². The largest absolute Gasteiger partial charge is 0.369 e. The molecule has 2 N–H and O–H groups in total. The second-order valence-electron chi connectivity index (χ2n) is 12.8. The number of fused-ring (bicyclic) bond motifs is 1. The zero-order chi connectivity index (χ0) is 27.8. The Morgan fingerprint density at radius 1 is 1.13 bits per heavy atom. The van der Waals surface area contributed by atoms with E-state index in [1.54, 1.807) is 11.0 Å². The summed E-state index contributed by atoms with van der Waals surface area (Å²) >= 11 is 0. The van der Waals surface area contributed by atoms with Crippen LogP contribution in [0.1, 0.15) is 76.2 Å². The summed E-state index contributed by atoms with van der Waals surface area (Å²) in [6.45, 7) is 18.1. The number of rotatable bonds is 8. The smallest absolute Gasteiger partial charge is 0.249 e. The summed E-state index contributed by atoms with van der Waals surface area (Å²) in [7, 11) is 0. The zero-order valence-electron chi connectivity index (χ0n) is 24.0. The number of piperazine rings is 1. The molecule has 3 fully saturated rings. The third-order valence-electron chi connectivity index (χ3n) is 8.54. The van der Waals surface area contributed by atoms with Crippen LogP contribution in [0.4, 0.5) is 5.69 Å². The lowest BCUT2D eigenvalue weighted by Crippen LogP contribution is -2.46. The van der Waals surface area contributed by atoms with Crippen molar-refractivity contribution in [2.75, 3.05) is 50.8 Å². The number of carbonyl (C=O) groups is 3. The van der Waals surface area contributed by atoms with Crippen molar-refractivity contribution in [1.29, 1.82) is 0 Å². The lowest BCUT2D eigenvalue weighted by Gasteiger charge is -2.36. The summed E-state index contributed by atoms with van der Waals surface area (Å²) in [6, 6.07) is 5.17. The van der Waals surface area contributed by atoms with Gasteiger partial charge in [0.2, 0.25) is 11.8 Å². The van der Waals surface area contributed by atoms with Crippen LogP contribution in [0.25, 0.3) is 0 Å². The number of ether oxygens (including phenoxy) is 1. The van der Waals surface area contributed by atoms with Gasteiger partial charge < -0.3 is 20.3 Å². The molecule has 0 bridgehead atoms. The first-order chi connectivity index (χ1) is 17.9. The molecule has 8 heteroatoms. The first kappa shape index (κ1) is 28.6. The van der Waals surface area contributed by atoms with Crippen LogP contribution in [0, 0.1) is 17.3 Å². The van der Waals surface area contributed by atoms with Crippen LogP contribution in [0.15, 0.2) is 18.2 Å². The van der Waals surface area contributed by atoms with Gasteiger partial charge in [0.15, 0.2) is 5.78 Å². The number of hydrogen-bond acceptors (Lipinski definition) is 6. The molecule has 210 valence electrons. The molecule has 1 aromatic carbocycles. The molecule has 3 aliphatic rings. The highest BCUT2D eigenvalue weighted by molar-refractivity contribution is 5.99. The van der Waals surface area contributed by atoms with Gasteiger partial charge >= 0.3 is 0 Å². The van der Waals surface area contributed by atoms with E-state index in [1.165, 1.54) is 0 Å². The zero-order valence-corrected chi connectivity index (χ0v) is 24.0. The van der Waals surface area contributed by atoms with Crippen LogP contribution in [-0.2, 0) is 14.3 Å². The van der Waals surface area contributed by atoms with Crippen molar-refractivity contribution >= 4 is 23.3 Å². The molecule has 0 aromatic heterocycles. The van der Waals surface area contributed by atoms with Crippen LogP contribution in [-0.4, -0.2) is 85.4 Å². The summed E-state index contributed by atoms with van der Waals surface area (Å²) in [5, 5.41) is 0. The molecule has 3 aliphatic heterocycles. The van der Waals surface area contributed by atoms with Crippen LogP contribution < -0.4 is 10.6 Å². The van der Waals surface area contributed by atoms with E-state index in [2.05, 4.69) is 51.3 Å². The number of Topliss-reactive ketones (excluding diaryl/α,β-unsaturated/α-hetero) is 1. The second kappa shape index (κ2) is 11.3. The van der Waals surface area contributed by atoms with Gasteiger partial charge in [-0.05, 0) is 54.5 Å². The monoisotopic (exact) mass is 526 g/mol. The Kier molecular flexibility index (Phi) is 8.52. The van der Waals surface area contributed by atoms with Crippen LogP contribution >= 0.6 is 0 Å². The molecule has 38 heavy (non-hydrogen) atoms. The van der Waals surface area contributed by atoms with Gasteiger partial charge in [-0.2, -0.15) is 0 Å². The number of primary amides is 1. The number of ketones is 1. The molecule has 3 saturated heterocycles. The van der Waals surface area contributed by atoms with Crippen molar-refractivity contribution in [1.82, 2.24) is 9.80 Å². The summed E-state index contributed by atoms with van der Waals surface area (Å²) in [6.07, 6.45) is 1.42. The number of carbonyl (C=O) groups excluding carboxylic acids is 3. The van der Waals surface area contributed by atoms with Crippen LogP contribution in [0.5, 0.6) is 0 Å². The Hall–Kier alpha value is -2.45. The predicted molar refractivity (Wildman–Crippen MR) is 149 cm³/mol. The standard InChI is InChI=1S/C30H46N4O4/c1-7-10-32-11-13-33(14-12-32)20-8-9-21(28(31)36)22(16-20)23(15-19(2)3)29(37)34-17-24(30(4,5)6)27-26(34)25(35)18-38-27/h8-9,16,19,23-24,26-27H,7,10-15,17-18H2,1-6H3,(H2,31,36)/t23-,24+,26+,27+/m0/s1. The van der Waals surface area contributed by atoms with Crippen LogP contribution in [0.3, 0.4) is 0 Å². The fraction of sp³-hybridized carbons (Fsp3) is 0.700. The third-order valence-corrected chi connectivity index (χ3v) is 8.54. The maximum absolute atomic E-state index is 14.4. The molecule has 8 nitrogen and oxygen atoms in total. The van der Waals surface area contributed by atoms with Crippen molar-refractivity contribution in [2.24, 2.45) is 23.0 Å². The molecule has 0 spiro atoms. The molecule has 4 rings (SSSR count). The normalized spacial score (nSPS) is 25.2. The predicted octanol–water partition coefficient (Wildman–Crippen LogP) is 3.29. The topological polar surface area (TPSA) is 96.2 Å². The van der Waals surface area contributed by atoms with Gasteiger partial charge in [-0.1, -0.05) is 41.5 Å². The van der Waals surface area contributed by atoms with E-state index in [0.29, 0.717) is 24.1 Å². The molecular formula is C30H46N4O4. The first-order valence-electron chi connectivity index (χ1n) is 14.3. The highest BCUT2D eigenvalue weighted by atomic mass is 16.5. The fourth-order valence-corrected chi connectivity index (χ4v) is 6.49. The Bertz CT molecular complexity index is 1040. The number of hydrogen-bond donors (Lipinski definition) is 1. The highest BCUT2D eigenvalue weighted by Crippen LogP contribution is 2.43. The summed E-state index contributed by atoms with van der Waals surface area (Å²) in [4.78, 5) is 46.4. The van der Waals surface area contributed by atoms with E-state index in [1.807, 2.05) is 12.1 Å². The minimum atomic E-state index is -0.563. The Balaban J connectivity index is 1.69. The van der Waals surface area contributed by atoms with E-state index < -0.39 is 17.9 Å². The lowest BCUT2D eigenvalue weighted by molar-refractivity contribution is -0.138. The first-order valence-corrected chi connectivity index (χ1v) is 14.3. The number of nitrogens with zero attached hydrogens (tertiary/aromatic N) is 3. The van der Waals surface area contributed by atoms with Gasteiger partial charge in [0.25, 0.3) is 0 Å². The van der Waals surface area contributed by atoms with E-state index in [-0.39, 0.29) is 41.7 Å². The van der Waals surface area contributed by atoms with E-state index in [4.69, 9.17) is 10.5 Å². The average Bonchev–Trinajstić information content (AvgIpc) is 3.43. The van der Waals surface area contributed by atoms with Gasteiger partial charge in [-0.25, -0.2) is 0 Å². The number of nitrogens with two attached hydrogens (primary N) is 1. The highest BCUT2D eigenvalue weighted by Gasteiger charge is 2.55. The van der Waals surface area contributed by atoms with Crippen molar-refractivity contribution in [3.8, 4) is 0 Å². The van der Waals surface area contributed by atoms with E-state index >= 15 is 0 Å². The maximum atomic E-state index is 14.4. The molecule has 4 atom stereocenters. The van der Waals surface area contributed by atoms with Crippen molar-refractivity contribution < 1.29 is 19.1 Å². The molecule has 3 heterocycles. The summed E-state index contributed by atoms with van der Waals surface area (Å²) < 4.78 is 5.93. The van der Waals surface area contributed by atoms with Gasteiger partial charge in [0, 0.05) is 49.9 Å². The Labute approximate surface area is 227 Å². The third kappa shape index (κ3) is 5.76. The minimum absolute atomic E-state index is 0.0350. The SMILES string of the molecule is CCCN1CCN(c2ccc(C(N)=O)c([C@H](CC(C)C)C(=O)N3C[C@@H](C(C)(C)C)[C@H]4OCC(=O)[C@H]43)c2)CC1. The van der Waals surface area contributed by atoms with Crippen molar-refractivity contribution in [3.05, 3.63) is 29.3 Å². The summed E-state index contributed by atoms with van der Waals surface area (Å²) in [5.41, 5.74) is 7.79. The van der Waals surface area contributed by atoms with Gasteiger partial charge in [-0.15, -0.1) is 0 Å². The average molecular weight is 527 g/mol. The Morgan fingerprint density at radius 2 is 1.82 bits per heavy atom. The summed E-state index contributed by atoms with van der Waals surface area (Å²) in [5.74, 6) is -0.972. The minimum Gasteiger partial charge on any atom is -0.369 e. The number of amides is 2. The Morgan fingerprint density at radius 3 is 2.39 bits per heavy atom. The fourth-order valence-electron chi connectivity index (χ4n) is 6.49.